The van der Waals surface area contributed by atoms with Crippen molar-refractivity contribution in [1.82, 2.24) is 9.97 Å². The first-order valence-corrected chi connectivity index (χ1v) is 8.56. The highest BCUT2D eigenvalue weighted by Crippen LogP contribution is 2.24. The molecular formula is C19H20N4O2. The van der Waals surface area contributed by atoms with Gasteiger partial charge in [0, 0.05) is 25.4 Å². The number of nitrogens with two attached hydrogens (primary N) is 1. The monoisotopic (exact) mass is 336 g/mol. The van der Waals surface area contributed by atoms with E-state index >= 15 is 0 Å². The molecule has 4 rings (SSSR count). The Hall–Kier alpha value is -2.73. The Morgan fingerprint density at radius 2 is 2.00 bits per heavy atom. The lowest BCUT2D eigenvalue weighted by molar-refractivity contribution is 0.411. The van der Waals surface area contributed by atoms with Gasteiger partial charge in [-0.25, -0.2) is 9.97 Å². The number of rotatable bonds is 3. The molecule has 1 fully saturated rings. The van der Waals surface area contributed by atoms with E-state index in [1.165, 1.54) is 6.07 Å². The number of benzene rings is 1. The zero-order valence-electron chi connectivity index (χ0n) is 13.9. The van der Waals surface area contributed by atoms with Gasteiger partial charge in [0.2, 0.25) is 5.95 Å². The second-order valence-electron chi connectivity index (χ2n) is 6.38. The predicted octanol–water partition coefficient (Wildman–Crippen LogP) is 2.43. The first kappa shape index (κ1) is 15.8. The van der Waals surface area contributed by atoms with Gasteiger partial charge < -0.3 is 15.1 Å². The van der Waals surface area contributed by atoms with Crippen molar-refractivity contribution in [3.8, 4) is 11.5 Å². The molecule has 0 saturated carbocycles. The Balaban J connectivity index is 1.67. The molecule has 128 valence electrons. The number of hydrogen-bond donors (Lipinski definition) is 1. The van der Waals surface area contributed by atoms with Gasteiger partial charge in [-0.15, -0.1) is 0 Å². The van der Waals surface area contributed by atoms with Crippen LogP contribution in [0.3, 0.4) is 0 Å². The van der Waals surface area contributed by atoms with Crippen LogP contribution < -0.4 is 16.1 Å². The van der Waals surface area contributed by atoms with Gasteiger partial charge in [-0.1, -0.05) is 12.1 Å². The smallest absolute Gasteiger partial charge is 0.225 e. The Morgan fingerprint density at radius 1 is 1.20 bits per heavy atom. The van der Waals surface area contributed by atoms with Crippen LogP contribution in [0.1, 0.15) is 12.8 Å². The summed E-state index contributed by atoms with van der Waals surface area (Å²) in [6.45, 7) is 2.52. The summed E-state index contributed by atoms with van der Waals surface area (Å²) in [5.41, 5.74) is 6.87. The molecule has 0 bridgehead atoms. The molecule has 3 heterocycles. The summed E-state index contributed by atoms with van der Waals surface area (Å²) in [5, 5.41) is 0.574. The first-order valence-electron chi connectivity index (χ1n) is 8.56. The van der Waals surface area contributed by atoms with E-state index in [0.717, 1.165) is 32.5 Å². The number of nitrogens with zero attached hydrogens (tertiary/aromatic N) is 3. The van der Waals surface area contributed by atoms with Crippen LogP contribution in [-0.4, -0.2) is 29.6 Å². The first-order chi connectivity index (χ1) is 12.2. The maximum atomic E-state index is 12.3. The van der Waals surface area contributed by atoms with E-state index in [2.05, 4.69) is 14.9 Å². The van der Waals surface area contributed by atoms with Crippen molar-refractivity contribution in [3.05, 3.63) is 52.8 Å². The van der Waals surface area contributed by atoms with Crippen molar-refractivity contribution in [2.75, 3.05) is 24.5 Å². The van der Waals surface area contributed by atoms with Crippen LogP contribution >= 0.6 is 0 Å². The number of piperidine rings is 1. The average molecular weight is 336 g/mol. The number of fused-ring (bicyclic) bond motifs is 1. The van der Waals surface area contributed by atoms with Gasteiger partial charge in [0.25, 0.3) is 0 Å². The molecule has 1 aliphatic heterocycles. The maximum Gasteiger partial charge on any atom is 0.225 e. The molecular weight excluding hydrogens is 316 g/mol. The molecule has 0 unspecified atom stereocenters. The molecule has 1 aromatic carbocycles. The number of para-hydroxylation sites is 1. The number of hydrogen-bond acceptors (Lipinski definition) is 6. The van der Waals surface area contributed by atoms with E-state index in [1.807, 2.05) is 12.1 Å². The molecule has 0 spiro atoms. The van der Waals surface area contributed by atoms with Gasteiger partial charge in [0.15, 0.2) is 11.2 Å². The lowest BCUT2D eigenvalue weighted by Crippen LogP contribution is -2.37. The van der Waals surface area contributed by atoms with E-state index in [1.54, 1.807) is 24.4 Å². The van der Waals surface area contributed by atoms with Crippen LogP contribution in [0.15, 0.2) is 51.8 Å². The van der Waals surface area contributed by atoms with E-state index in [-0.39, 0.29) is 5.43 Å². The Bertz CT molecular complexity index is 945. The molecule has 0 atom stereocenters. The topological polar surface area (TPSA) is 85.2 Å². The third-order valence-electron chi connectivity index (χ3n) is 4.76. The Labute approximate surface area is 145 Å². The maximum absolute atomic E-state index is 12.3. The standard InChI is InChI=1S/C19H20N4O2/c20-12-13-6-9-23(10-7-13)19-21-8-5-15(22-19)18-11-16(24)14-3-1-2-4-17(14)25-18/h1-5,8,11,13H,6-7,9-10,12,20H2. The van der Waals surface area contributed by atoms with Gasteiger partial charge in [-0.05, 0) is 43.5 Å². The lowest BCUT2D eigenvalue weighted by Gasteiger charge is -2.31. The van der Waals surface area contributed by atoms with Gasteiger partial charge >= 0.3 is 0 Å². The van der Waals surface area contributed by atoms with Crippen LogP contribution in [0.5, 0.6) is 0 Å². The average Bonchev–Trinajstić information content (AvgIpc) is 2.68. The molecule has 6 heteroatoms. The van der Waals surface area contributed by atoms with Crippen LogP contribution in [0.2, 0.25) is 0 Å². The van der Waals surface area contributed by atoms with Gasteiger partial charge in [-0.2, -0.15) is 0 Å². The molecule has 6 nitrogen and oxygen atoms in total. The minimum atomic E-state index is -0.0687. The Morgan fingerprint density at radius 3 is 2.80 bits per heavy atom. The molecule has 0 amide bonds. The minimum absolute atomic E-state index is 0.0687. The molecule has 0 radical (unpaired) electrons. The largest absolute Gasteiger partial charge is 0.454 e. The van der Waals surface area contributed by atoms with Crippen LogP contribution in [0, 0.1) is 5.92 Å². The molecule has 1 aliphatic rings. The molecule has 1 saturated heterocycles. The lowest BCUT2D eigenvalue weighted by atomic mass is 9.97. The van der Waals surface area contributed by atoms with Crippen molar-refractivity contribution >= 4 is 16.9 Å². The molecule has 25 heavy (non-hydrogen) atoms. The second-order valence-corrected chi connectivity index (χ2v) is 6.38. The summed E-state index contributed by atoms with van der Waals surface area (Å²) in [6.07, 6.45) is 3.81. The van der Waals surface area contributed by atoms with Crippen molar-refractivity contribution in [2.45, 2.75) is 12.8 Å². The zero-order chi connectivity index (χ0) is 17.2. The quantitative estimate of drug-likeness (QED) is 0.790. The predicted molar refractivity (Wildman–Crippen MR) is 97.5 cm³/mol. The fourth-order valence-electron chi connectivity index (χ4n) is 3.24. The highest BCUT2D eigenvalue weighted by Gasteiger charge is 2.20. The Kier molecular flexibility index (Phi) is 4.19. The third-order valence-corrected chi connectivity index (χ3v) is 4.76. The molecule has 2 N–H and O–H groups in total. The normalized spacial score (nSPS) is 15.6. The van der Waals surface area contributed by atoms with Crippen LogP contribution in [0.4, 0.5) is 5.95 Å². The zero-order valence-corrected chi connectivity index (χ0v) is 13.9. The van der Waals surface area contributed by atoms with Gasteiger partial charge in [0.05, 0.1) is 5.39 Å². The highest BCUT2D eigenvalue weighted by molar-refractivity contribution is 5.78. The fourth-order valence-corrected chi connectivity index (χ4v) is 3.24. The summed E-state index contributed by atoms with van der Waals surface area (Å²) in [5.74, 6) is 1.71. The van der Waals surface area contributed by atoms with Crippen molar-refractivity contribution in [3.63, 3.8) is 0 Å². The SMILES string of the molecule is NCC1CCN(c2nccc(-c3cc(=O)c4ccccc4o3)n2)CC1. The second kappa shape index (κ2) is 6.64. The number of anilines is 1. The summed E-state index contributed by atoms with van der Waals surface area (Å²) in [6, 6.07) is 10.5. The number of aromatic nitrogens is 2. The van der Waals surface area contributed by atoms with Crippen LogP contribution in [-0.2, 0) is 0 Å². The van der Waals surface area contributed by atoms with E-state index < -0.39 is 0 Å². The van der Waals surface area contributed by atoms with Crippen molar-refractivity contribution < 1.29 is 4.42 Å². The molecule has 0 aliphatic carbocycles. The summed E-state index contributed by atoms with van der Waals surface area (Å²) in [4.78, 5) is 23.5. The van der Waals surface area contributed by atoms with E-state index in [9.17, 15) is 4.79 Å². The third kappa shape index (κ3) is 3.13. The minimum Gasteiger partial charge on any atom is -0.454 e. The highest BCUT2D eigenvalue weighted by atomic mass is 16.3. The molecule has 2 aromatic heterocycles. The summed E-state index contributed by atoms with van der Waals surface area (Å²) in [7, 11) is 0. The van der Waals surface area contributed by atoms with E-state index in [0.29, 0.717) is 34.3 Å². The van der Waals surface area contributed by atoms with E-state index in [4.69, 9.17) is 10.2 Å². The van der Waals surface area contributed by atoms with Crippen molar-refractivity contribution in [1.29, 1.82) is 0 Å². The van der Waals surface area contributed by atoms with Crippen molar-refractivity contribution in [2.24, 2.45) is 11.7 Å². The summed E-state index contributed by atoms with van der Waals surface area (Å²) >= 11 is 0. The van der Waals surface area contributed by atoms with Crippen LogP contribution in [0.25, 0.3) is 22.4 Å². The molecule has 3 aromatic rings. The van der Waals surface area contributed by atoms with Gasteiger partial charge in [0.1, 0.15) is 11.3 Å². The van der Waals surface area contributed by atoms with Gasteiger partial charge in [-0.3, -0.25) is 4.79 Å². The fraction of sp³-hybridized carbons (Fsp3) is 0.316. The summed E-state index contributed by atoms with van der Waals surface area (Å²) < 4.78 is 5.88.